The third kappa shape index (κ3) is 2.77. The fraction of sp³-hybridized carbons (Fsp3) is 0.400. The summed E-state index contributed by atoms with van der Waals surface area (Å²) in [4.78, 5) is 0. The Kier molecular flexibility index (Phi) is 4.52. The summed E-state index contributed by atoms with van der Waals surface area (Å²) in [6.07, 6.45) is 0. The van der Waals surface area contributed by atoms with E-state index in [1.807, 2.05) is 13.0 Å². The van der Waals surface area contributed by atoms with Crippen molar-refractivity contribution in [2.45, 2.75) is 13.5 Å². The van der Waals surface area contributed by atoms with Crippen molar-refractivity contribution in [1.82, 2.24) is 5.32 Å². The molecule has 0 saturated carbocycles. The van der Waals surface area contributed by atoms with Gasteiger partial charge in [0.25, 0.3) is 0 Å². The Balaban J connectivity index is 2.99. The van der Waals surface area contributed by atoms with Crippen LogP contribution in [0.1, 0.15) is 12.5 Å². The summed E-state index contributed by atoms with van der Waals surface area (Å²) in [5.74, 6) is 0.692. The third-order valence-corrected chi connectivity index (χ3v) is 2.35. The highest BCUT2D eigenvalue weighted by Gasteiger charge is 2.08. The Bertz CT molecular complexity index is 315. The molecule has 4 heteroatoms. The van der Waals surface area contributed by atoms with E-state index in [9.17, 15) is 0 Å². The number of hydrogen-bond donors (Lipinski definition) is 1. The van der Waals surface area contributed by atoms with E-state index >= 15 is 0 Å². The van der Waals surface area contributed by atoms with Gasteiger partial charge in [-0.25, -0.2) is 0 Å². The molecular formula is C10H13Cl2NO. The Morgan fingerprint density at radius 1 is 1.36 bits per heavy atom. The van der Waals surface area contributed by atoms with Gasteiger partial charge in [-0.2, -0.15) is 0 Å². The van der Waals surface area contributed by atoms with Crippen molar-refractivity contribution in [2.24, 2.45) is 0 Å². The van der Waals surface area contributed by atoms with Gasteiger partial charge in [0.15, 0.2) is 0 Å². The number of benzene rings is 1. The number of hydrogen-bond acceptors (Lipinski definition) is 2. The first-order valence-electron chi connectivity index (χ1n) is 4.41. The summed E-state index contributed by atoms with van der Waals surface area (Å²) in [5.41, 5.74) is 0.979. The molecule has 1 aromatic rings. The zero-order valence-corrected chi connectivity index (χ0v) is 9.74. The second-order valence-electron chi connectivity index (χ2n) is 2.86. The number of methoxy groups -OCH3 is 1. The first-order valence-corrected chi connectivity index (χ1v) is 5.17. The standard InChI is InChI=1S/C10H13Cl2NO/c1-3-13-6-7-4-8(11)5-9(12)10(7)14-2/h4-5,13H,3,6H2,1-2H3. The maximum absolute atomic E-state index is 5.98. The average Bonchev–Trinajstić information content (AvgIpc) is 2.14. The van der Waals surface area contributed by atoms with Crippen LogP contribution >= 0.6 is 23.2 Å². The Morgan fingerprint density at radius 2 is 2.07 bits per heavy atom. The van der Waals surface area contributed by atoms with Gasteiger partial charge in [-0.15, -0.1) is 0 Å². The van der Waals surface area contributed by atoms with Crippen molar-refractivity contribution >= 4 is 23.2 Å². The molecule has 0 aliphatic heterocycles. The molecular weight excluding hydrogens is 221 g/mol. The van der Waals surface area contributed by atoms with Crippen LogP contribution in [-0.4, -0.2) is 13.7 Å². The second kappa shape index (κ2) is 5.44. The van der Waals surface area contributed by atoms with Gasteiger partial charge in [0.05, 0.1) is 12.1 Å². The van der Waals surface area contributed by atoms with Crippen LogP contribution in [0.5, 0.6) is 5.75 Å². The second-order valence-corrected chi connectivity index (χ2v) is 3.70. The lowest BCUT2D eigenvalue weighted by Crippen LogP contribution is -2.12. The molecule has 0 amide bonds. The summed E-state index contributed by atoms with van der Waals surface area (Å²) in [6, 6.07) is 3.53. The topological polar surface area (TPSA) is 21.3 Å². The molecule has 0 saturated heterocycles. The predicted octanol–water partition coefficient (Wildman–Crippen LogP) is 3.11. The van der Waals surface area contributed by atoms with E-state index in [2.05, 4.69) is 5.32 Å². The fourth-order valence-corrected chi connectivity index (χ4v) is 1.85. The predicted molar refractivity (Wildman–Crippen MR) is 60.4 cm³/mol. The molecule has 0 radical (unpaired) electrons. The monoisotopic (exact) mass is 233 g/mol. The van der Waals surface area contributed by atoms with Gasteiger partial charge in [-0.1, -0.05) is 30.1 Å². The van der Waals surface area contributed by atoms with E-state index in [1.54, 1.807) is 13.2 Å². The highest BCUT2D eigenvalue weighted by atomic mass is 35.5. The summed E-state index contributed by atoms with van der Waals surface area (Å²) in [7, 11) is 1.60. The SMILES string of the molecule is CCNCc1cc(Cl)cc(Cl)c1OC. The number of halogens is 2. The van der Waals surface area contributed by atoms with E-state index in [4.69, 9.17) is 27.9 Å². The largest absolute Gasteiger partial charge is 0.495 e. The minimum atomic E-state index is 0.549. The molecule has 1 N–H and O–H groups in total. The van der Waals surface area contributed by atoms with Crippen LogP contribution in [0, 0.1) is 0 Å². The van der Waals surface area contributed by atoms with Gasteiger partial charge >= 0.3 is 0 Å². The zero-order valence-electron chi connectivity index (χ0n) is 8.23. The number of ether oxygens (including phenoxy) is 1. The van der Waals surface area contributed by atoms with Gasteiger partial charge in [0.1, 0.15) is 5.75 Å². The molecule has 1 rings (SSSR count). The van der Waals surface area contributed by atoms with Crippen LogP contribution in [0.25, 0.3) is 0 Å². The molecule has 0 spiro atoms. The van der Waals surface area contributed by atoms with Crippen molar-refractivity contribution in [3.8, 4) is 5.75 Å². The summed E-state index contributed by atoms with van der Waals surface area (Å²) >= 11 is 11.9. The van der Waals surface area contributed by atoms with Crippen molar-refractivity contribution in [3.63, 3.8) is 0 Å². The van der Waals surface area contributed by atoms with Crippen LogP contribution in [0.2, 0.25) is 10.0 Å². The normalized spacial score (nSPS) is 10.3. The lowest BCUT2D eigenvalue weighted by Gasteiger charge is -2.11. The van der Waals surface area contributed by atoms with Crippen LogP contribution in [0.3, 0.4) is 0 Å². The Labute approximate surface area is 94.2 Å². The van der Waals surface area contributed by atoms with Crippen molar-refractivity contribution < 1.29 is 4.74 Å². The summed E-state index contributed by atoms with van der Waals surface area (Å²) in [6.45, 7) is 3.64. The maximum Gasteiger partial charge on any atom is 0.142 e. The van der Waals surface area contributed by atoms with Gasteiger partial charge in [0, 0.05) is 17.1 Å². The number of nitrogens with one attached hydrogen (secondary N) is 1. The molecule has 0 unspecified atom stereocenters. The van der Waals surface area contributed by atoms with Crippen LogP contribution in [-0.2, 0) is 6.54 Å². The van der Waals surface area contributed by atoms with Crippen molar-refractivity contribution in [2.75, 3.05) is 13.7 Å². The minimum absolute atomic E-state index is 0.549. The molecule has 14 heavy (non-hydrogen) atoms. The lowest BCUT2D eigenvalue weighted by molar-refractivity contribution is 0.408. The highest BCUT2D eigenvalue weighted by Crippen LogP contribution is 2.31. The van der Waals surface area contributed by atoms with Crippen molar-refractivity contribution in [3.05, 3.63) is 27.7 Å². The quantitative estimate of drug-likeness (QED) is 0.864. The van der Waals surface area contributed by atoms with Gasteiger partial charge in [-0.3, -0.25) is 0 Å². The van der Waals surface area contributed by atoms with Gasteiger partial charge < -0.3 is 10.1 Å². The minimum Gasteiger partial charge on any atom is -0.495 e. The van der Waals surface area contributed by atoms with E-state index in [1.165, 1.54) is 0 Å². The van der Waals surface area contributed by atoms with Gasteiger partial charge in [0.2, 0.25) is 0 Å². The maximum atomic E-state index is 5.98. The third-order valence-electron chi connectivity index (χ3n) is 1.85. The van der Waals surface area contributed by atoms with E-state index in [0.29, 0.717) is 22.3 Å². The van der Waals surface area contributed by atoms with E-state index in [0.717, 1.165) is 12.1 Å². The molecule has 0 atom stereocenters. The lowest BCUT2D eigenvalue weighted by atomic mass is 10.2. The summed E-state index contributed by atoms with van der Waals surface area (Å²) in [5, 5.41) is 4.37. The molecule has 1 aromatic carbocycles. The molecule has 0 aliphatic carbocycles. The first kappa shape index (κ1) is 11.6. The molecule has 0 bridgehead atoms. The van der Waals surface area contributed by atoms with E-state index in [-0.39, 0.29) is 0 Å². The summed E-state index contributed by atoms with van der Waals surface area (Å²) < 4.78 is 5.20. The highest BCUT2D eigenvalue weighted by molar-refractivity contribution is 6.35. The Morgan fingerprint density at radius 3 is 2.64 bits per heavy atom. The smallest absolute Gasteiger partial charge is 0.142 e. The van der Waals surface area contributed by atoms with E-state index < -0.39 is 0 Å². The van der Waals surface area contributed by atoms with Crippen molar-refractivity contribution in [1.29, 1.82) is 0 Å². The first-order chi connectivity index (χ1) is 6.69. The molecule has 2 nitrogen and oxygen atoms in total. The van der Waals surface area contributed by atoms with Gasteiger partial charge in [-0.05, 0) is 18.7 Å². The fourth-order valence-electron chi connectivity index (χ4n) is 1.23. The molecule has 0 fully saturated rings. The van der Waals surface area contributed by atoms with Crippen LogP contribution in [0.15, 0.2) is 12.1 Å². The zero-order chi connectivity index (χ0) is 10.6. The molecule has 0 heterocycles. The van der Waals surface area contributed by atoms with Crippen LogP contribution in [0.4, 0.5) is 0 Å². The molecule has 0 aromatic heterocycles. The molecule has 0 aliphatic rings. The Hall–Kier alpha value is -0.440. The average molecular weight is 234 g/mol. The van der Waals surface area contributed by atoms with Crippen LogP contribution < -0.4 is 10.1 Å². The molecule has 78 valence electrons. The number of rotatable bonds is 4.